The van der Waals surface area contributed by atoms with Crippen molar-refractivity contribution in [2.45, 2.75) is 13.0 Å². The molecule has 1 unspecified atom stereocenters. The van der Waals surface area contributed by atoms with E-state index in [0.717, 1.165) is 22.4 Å². The van der Waals surface area contributed by atoms with Crippen molar-refractivity contribution in [2.75, 3.05) is 0 Å². The molecule has 100 valence electrons. The number of hydrogen-bond donors (Lipinski definition) is 1. The van der Waals surface area contributed by atoms with Crippen LogP contribution in [-0.4, -0.2) is 0 Å². The molecule has 0 amide bonds. The summed E-state index contributed by atoms with van der Waals surface area (Å²) in [6, 6.07) is 22.3. The summed E-state index contributed by atoms with van der Waals surface area (Å²) in [5.74, 6) is 1.70. The van der Waals surface area contributed by atoms with Gasteiger partial charge in [0.15, 0.2) is 0 Å². The lowest BCUT2D eigenvalue weighted by atomic mass is 10.1. The van der Waals surface area contributed by atoms with E-state index in [9.17, 15) is 0 Å². The lowest BCUT2D eigenvalue weighted by molar-refractivity contribution is 0.488. The lowest BCUT2D eigenvalue weighted by Gasteiger charge is -2.10. The molecule has 20 heavy (non-hydrogen) atoms. The normalized spacial score (nSPS) is 12.3. The van der Waals surface area contributed by atoms with Crippen LogP contribution in [0, 0.1) is 0 Å². The van der Waals surface area contributed by atoms with E-state index in [1.54, 1.807) is 0 Å². The quantitative estimate of drug-likeness (QED) is 0.746. The van der Waals surface area contributed by atoms with Crippen LogP contribution in [0.25, 0.3) is 10.8 Å². The van der Waals surface area contributed by atoms with Gasteiger partial charge in [0.05, 0.1) is 0 Å². The van der Waals surface area contributed by atoms with E-state index in [1.807, 2.05) is 55.5 Å². The molecule has 0 radical (unpaired) electrons. The summed E-state index contributed by atoms with van der Waals surface area (Å²) in [5.41, 5.74) is 6.96. The van der Waals surface area contributed by atoms with Crippen LogP contribution < -0.4 is 10.5 Å². The van der Waals surface area contributed by atoms with E-state index in [0.29, 0.717) is 0 Å². The third-order valence-corrected chi connectivity index (χ3v) is 3.38. The minimum Gasteiger partial charge on any atom is -0.457 e. The van der Waals surface area contributed by atoms with Gasteiger partial charge in [0.1, 0.15) is 11.5 Å². The highest BCUT2D eigenvalue weighted by atomic mass is 16.5. The van der Waals surface area contributed by atoms with Crippen LogP contribution in [0.5, 0.6) is 11.5 Å². The van der Waals surface area contributed by atoms with E-state index < -0.39 is 0 Å². The zero-order valence-electron chi connectivity index (χ0n) is 11.4. The van der Waals surface area contributed by atoms with E-state index >= 15 is 0 Å². The highest BCUT2D eigenvalue weighted by Crippen LogP contribution is 2.30. The summed E-state index contributed by atoms with van der Waals surface area (Å²) < 4.78 is 5.99. The Balaban J connectivity index is 1.93. The van der Waals surface area contributed by atoms with Crippen molar-refractivity contribution < 1.29 is 4.74 Å². The average Bonchev–Trinajstić information content (AvgIpc) is 2.48. The fraction of sp³-hybridized carbons (Fsp3) is 0.111. The first-order valence-electron chi connectivity index (χ1n) is 6.75. The molecule has 0 aliphatic heterocycles. The van der Waals surface area contributed by atoms with Crippen LogP contribution in [0.4, 0.5) is 0 Å². The van der Waals surface area contributed by atoms with E-state index in [2.05, 4.69) is 18.2 Å². The summed E-state index contributed by atoms with van der Waals surface area (Å²) in [6.07, 6.45) is 0. The molecule has 0 heterocycles. The summed E-state index contributed by atoms with van der Waals surface area (Å²) in [7, 11) is 0. The fourth-order valence-electron chi connectivity index (χ4n) is 2.25. The second-order valence-corrected chi connectivity index (χ2v) is 4.94. The number of fused-ring (bicyclic) bond motifs is 1. The van der Waals surface area contributed by atoms with Gasteiger partial charge in [-0.25, -0.2) is 0 Å². The zero-order valence-corrected chi connectivity index (χ0v) is 11.4. The van der Waals surface area contributed by atoms with Crippen molar-refractivity contribution >= 4 is 10.8 Å². The molecule has 2 nitrogen and oxygen atoms in total. The fourth-order valence-corrected chi connectivity index (χ4v) is 2.25. The predicted octanol–water partition coefficient (Wildman–Crippen LogP) is 4.65. The van der Waals surface area contributed by atoms with Crippen molar-refractivity contribution in [2.24, 2.45) is 5.73 Å². The van der Waals surface area contributed by atoms with Gasteiger partial charge in [-0.1, -0.05) is 48.5 Å². The van der Waals surface area contributed by atoms with Gasteiger partial charge in [0.25, 0.3) is 0 Å². The molecule has 3 aromatic carbocycles. The Kier molecular flexibility index (Phi) is 3.40. The molecule has 3 rings (SSSR count). The topological polar surface area (TPSA) is 35.2 Å². The smallest absolute Gasteiger partial charge is 0.135 e. The number of nitrogens with two attached hydrogens (primary N) is 1. The first-order valence-corrected chi connectivity index (χ1v) is 6.75. The molecule has 0 fully saturated rings. The predicted molar refractivity (Wildman–Crippen MR) is 83.1 cm³/mol. The van der Waals surface area contributed by atoms with Gasteiger partial charge in [0.2, 0.25) is 0 Å². The van der Waals surface area contributed by atoms with E-state index in [1.165, 1.54) is 5.39 Å². The molecule has 1 atom stereocenters. The minimum atomic E-state index is 0.0432. The van der Waals surface area contributed by atoms with E-state index in [-0.39, 0.29) is 6.04 Å². The Morgan fingerprint density at radius 1 is 0.850 bits per heavy atom. The minimum absolute atomic E-state index is 0.0432. The molecule has 0 aliphatic carbocycles. The third-order valence-electron chi connectivity index (χ3n) is 3.38. The second kappa shape index (κ2) is 5.35. The van der Waals surface area contributed by atoms with Crippen LogP contribution in [0.1, 0.15) is 18.5 Å². The van der Waals surface area contributed by atoms with E-state index in [4.69, 9.17) is 10.5 Å². The zero-order chi connectivity index (χ0) is 13.9. The second-order valence-electron chi connectivity index (χ2n) is 4.94. The summed E-state index contributed by atoms with van der Waals surface area (Å²) in [6.45, 7) is 1.97. The summed E-state index contributed by atoms with van der Waals surface area (Å²) in [5, 5.41) is 2.29. The van der Waals surface area contributed by atoms with Gasteiger partial charge >= 0.3 is 0 Å². The Bertz CT molecular complexity index is 712. The van der Waals surface area contributed by atoms with Gasteiger partial charge in [0, 0.05) is 11.4 Å². The monoisotopic (exact) mass is 263 g/mol. The number of hydrogen-bond acceptors (Lipinski definition) is 2. The number of rotatable bonds is 3. The molecule has 0 saturated carbocycles. The molecular weight excluding hydrogens is 246 g/mol. The molecule has 0 spiro atoms. The standard InChI is InChI=1S/C18H17NO/c1-13(19)14-9-11-16(12-10-14)20-18-8-4-6-15-5-2-3-7-17(15)18/h2-13H,19H2,1H3. The maximum absolute atomic E-state index is 5.99. The van der Waals surface area contributed by atoms with Crippen LogP contribution in [0.2, 0.25) is 0 Å². The highest BCUT2D eigenvalue weighted by Gasteiger charge is 2.04. The third kappa shape index (κ3) is 2.51. The average molecular weight is 263 g/mol. The van der Waals surface area contributed by atoms with Gasteiger partial charge in [-0.05, 0) is 36.1 Å². The first-order chi connectivity index (χ1) is 9.74. The van der Waals surface area contributed by atoms with Crippen LogP contribution in [0.15, 0.2) is 66.7 Å². The van der Waals surface area contributed by atoms with Crippen LogP contribution in [-0.2, 0) is 0 Å². The molecule has 0 aliphatic rings. The maximum atomic E-state index is 5.99. The number of ether oxygens (including phenoxy) is 1. The first kappa shape index (κ1) is 12.7. The Hall–Kier alpha value is -2.32. The van der Waals surface area contributed by atoms with Gasteiger partial charge in [-0.2, -0.15) is 0 Å². The van der Waals surface area contributed by atoms with Crippen molar-refractivity contribution in [3.8, 4) is 11.5 Å². The van der Waals surface area contributed by atoms with Crippen molar-refractivity contribution in [3.63, 3.8) is 0 Å². The maximum Gasteiger partial charge on any atom is 0.135 e. The summed E-state index contributed by atoms with van der Waals surface area (Å²) >= 11 is 0. The van der Waals surface area contributed by atoms with Gasteiger partial charge in [-0.3, -0.25) is 0 Å². The van der Waals surface area contributed by atoms with Crippen molar-refractivity contribution in [3.05, 3.63) is 72.3 Å². The molecular formula is C18H17NO. The Morgan fingerprint density at radius 2 is 1.55 bits per heavy atom. The molecule has 2 N–H and O–H groups in total. The molecule has 0 aromatic heterocycles. The van der Waals surface area contributed by atoms with Crippen LogP contribution >= 0.6 is 0 Å². The lowest BCUT2D eigenvalue weighted by Crippen LogP contribution is -2.04. The van der Waals surface area contributed by atoms with Gasteiger partial charge in [-0.15, -0.1) is 0 Å². The molecule has 0 saturated heterocycles. The Labute approximate surface area is 118 Å². The molecule has 2 heteroatoms. The van der Waals surface area contributed by atoms with Gasteiger partial charge < -0.3 is 10.5 Å². The SMILES string of the molecule is CC(N)c1ccc(Oc2cccc3ccccc23)cc1. The molecule has 3 aromatic rings. The molecule has 0 bridgehead atoms. The van der Waals surface area contributed by atoms with Crippen LogP contribution in [0.3, 0.4) is 0 Å². The van der Waals surface area contributed by atoms with Crippen molar-refractivity contribution in [1.29, 1.82) is 0 Å². The largest absolute Gasteiger partial charge is 0.457 e. The Morgan fingerprint density at radius 3 is 2.30 bits per heavy atom. The summed E-state index contributed by atoms with van der Waals surface area (Å²) in [4.78, 5) is 0. The highest BCUT2D eigenvalue weighted by molar-refractivity contribution is 5.88. The van der Waals surface area contributed by atoms with Crippen molar-refractivity contribution in [1.82, 2.24) is 0 Å². The number of benzene rings is 3.